The number of hydrogen-bond donors (Lipinski definition) is 1. The first kappa shape index (κ1) is 18.6. The van der Waals surface area contributed by atoms with E-state index in [1.165, 1.54) is 19.2 Å². The van der Waals surface area contributed by atoms with Gasteiger partial charge in [0.25, 0.3) is 0 Å². The molecule has 3 saturated heterocycles. The van der Waals surface area contributed by atoms with Gasteiger partial charge in [-0.25, -0.2) is 4.39 Å². The highest BCUT2D eigenvalue weighted by Gasteiger charge is 2.62. The van der Waals surface area contributed by atoms with Gasteiger partial charge in [-0.1, -0.05) is 24.3 Å². The minimum Gasteiger partial charge on any atom is -0.375 e. The number of fused-ring (bicyclic) bond motifs is 1. The molecule has 3 fully saturated rings. The Morgan fingerprint density at radius 3 is 3.04 bits per heavy atom. The SMILES string of the molecule is COCC(=O)NC[C@H]1[C@H]2CN(CC=Cc3ccc(F)cc3)C[C@]23CC[C@H]1O3. The number of halogens is 1. The summed E-state index contributed by atoms with van der Waals surface area (Å²) in [5.41, 5.74) is 0.968. The summed E-state index contributed by atoms with van der Waals surface area (Å²) in [4.78, 5) is 14.2. The Hall–Kier alpha value is -1.76. The largest absolute Gasteiger partial charge is 0.375 e. The fourth-order valence-corrected chi connectivity index (χ4v) is 5.02. The molecule has 0 saturated carbocycles. The molecule has 2 bridgehead atoms. The van der Waals surface area contributed by atoms with Crippen molar-refractivity contribution in [3.8, 4) is 0 Å². The molecule has 4 atom stereocenters. The summed E-state index contributed by atoms with van der Waals surface area (Å²) in [6.07, 6.45) is 6.64. The summed E-state index contributed by atoms with van der Waals surface area (Å²) in [5, 5.41) is 3.00. The van der Waals surface area contributed by atoms with E-state index in [-0.39, 0.29) is 30.0 Å². The predicted octanol–water partition coefficient (Wildman–Crippen LogP) is 2.08. The second kappa shape index (κ2) is 7.70. The minimum absolute atomic E-state index is 0.0367. The van der Waals surface area contributed by atoms with E-state index in [9.17, 15) is 9.18 Å². The van der Waals surface area contributed by atoms with Crippen LogP contribution in [0, 0.1) is 17.7 Å². The highest BCUT2D eigenvalue weighted by molar-refractivity contribution is 5.77. The molecule has 6 heteroatoms. The van der Waals surface area contributed by atoms with Crippen molar-refractivity contribution in [3.05, 3.63) is 41.7 Å². The fraction of sp³-hybridized carbons (Fsp3) is 0.571. The Morgan fingerprint density at radius 1 is 1.44 bits per heavy atom. The third-order valence-electron chi connectivity index (χ3n) is 6.21. The van der Waals surface area contributed by atoms with E-state index in [1.54, 1.807) is 12.1 Å². The molecule has 1 N–H and O–H groups in total. The molecule has 0 radical (unpaired) electrons. The van der Waals surface area contributed by atoms with Crippen molar-refractivity contribution >= 4 is 12.0 Å². The van der Waals surface area contributed by atoms with Crippen LogP contribution in [0.5, 0.6) is 0 Å². The van der Waals surface area contributed by atoms with Crippen molar-refractivity contribution in [1.82, 2.24) is 10.2 Å². The van der Waals surface area contributed by atoms with Gasteiger partial charge in [0.2, 0.25) is 5.91 Å². The summed E-state index contributed by atoms with van der Waals surface area (Å²) in [7, 11) is 1.53. The molecular weight excluding hydrogens is 347 g/mol. The van der Waals surface area contributed by atoms with Crippen molar-refractivity contribution in [1.29, 1.82) is 0 Å². The zero-order chi connectivity index (χ0) is 18.9. The van der Waals surface area contributed by atoms with Crippen molar-refractivity contribution < 1.29 is 18.7 Å². The van der Waals surface area contributed by atoms with E-state index in [4.69, 9.17) is 9.47 Å². The third-order valence-corrected chi connectivity index (χ3v) is 6.21. The van der Waals surface area contributed by atoms with Gasteiger partial charge in [0.15, 0.2) is 0 Å². The summed E-state index contributed by atoms with van der Waals surface area (Å²) < 4.78 is 24.3. The van der Waals surface area contributed by atoms with E-state index in [0.717, 1.165) is 38.0 Å². The Balaban J connectivity index is 1.33. The van der Waals surface area contributed by atoms with Crippen LogP contribution >= 0.6 is 0 Å². The Kier molecular flexibility index (Phi) is 5.30. The summed E-state index contributed by atoms with van der Waals surface area (Å²) in [6.45, 7) is 3.57. The molecule has 0 unspecified atom stereocenters. The van der Waals surface area contributed by atoms with Gasteiger partial charge in [-0.15, -0.1) is 0 Å². The van der Waals surface area contributed by atoms with Crippen LogP contribution in [0.2, 0.25) is 0 Å². The van der Waals surface area contributed by atoms with Gasteiger partial charge in [-0.05, 0) is 30.5 Å². The number of carbonyl (C=O) groups is 1. The zero-order valence-electron chi connectivity index (χ0n) is 15.7. The second-order valence-corrected chi connectivity index (χ2v) is 7.92. The monoisotopic (exact) mass is 374 g/mol. The van der Waals surface area contributed by atoms with Gasteiger partial charge >= 0.3 is 0 Å². The molecule has 1 aromatic carbocycles. The van der Waals surface area contributed by atoms with E-state index in [2.05, 4.69) is 16.3 Å². The molecule has 3 aliphatic heterocycles. The quantitative estimate of drug-likeness (QED) is 0.794. The Morgan fingerprint density at radius 2 is 2.26 bits per heavy atom. The van der Waals surface area contributed by atoms with Crippen molar-refractivity contribution in [2.24, 2.45) is 11.8 Å². The lowest BCUT2D eigenvalue weighted by atomic mass is 9.73. The first-order valence-corrected chi connectivity index (χ1v) is 9.67. The van der Waals surface area contributed by atoms with Crippen LogP contribution in [-0.4, -0.2) is 62.4 Å². The topological polar surface area (TPSA) is 50.8 Å². The number of rotatable bonds is 7. The molecule has 0 aliphatic carbocycles. The van der Waals surface area contributed by atoms with Crippen molar-refractivity contribution in [2.75, 3.05) is 39.9 Å². The van der Waals surface area contributed by atoms with E-state index >= 15 is 0 Å². The van der Waals surface area contributed by atoms with Gasteiger partial charge < -0.3 is 14.8 Å². The molecule has 4 rings (SSSR count). The number of carbonyl (C=O) groups excluding carboxylic acids is 1. The van der Waals surface area contributed by atoms with Gasteiger partial charge in [0.1, 0.15) is 12.4 Å². The number of benzene rings is 1. The predicted molar refractivity (Wildman–Crippen MR) is 101 cm³/mol. The van der Waals surface area contributed by atoms with Crippen LogP contribution in [0.25, 0.3) is 6.08 Å². The molecule has 1 spiro atoms. The summed E-state index contributed by atoms with van der Waals surface area (Å²) >= 11 is 0. The summed E-state index contributed by atoms with van der Waals surface area (Å²) in [5.74, 6) is 0.575. The van der Waals surface area contributed by atoms with Crippen LogP contribution in [0.4, 0.5) is 4.39 Å². The number of nitrogens with zero attached hydrogens (tertiary/aromatic N) is 1. The number of methoxy groups -OCH3 is 1. The Bertz CT molecular complexity index is 708. The molecule has 0 aromatic heterocycles. The maximum absolute atomic E-state index is 13.0. The summed E-state index contributed by atoms with van der Waals surface area (Å²) in [6, 6.07) is 6.53. The highest BCUT2D eigenvalue weighted by Crippen LogP contribution is 2.54. The lowest BCUT2D eigenvalue weighted by Gasteiger charge is -2.29. The van der Waals surface area contributed by atoms with E-state index in [0.29, 0.717) is 18.4 Å². The minimum atomic E-state index is -0.213. The number of nitrogens with one attached hydrogen (secondary N) is 1. The third kappa shape index (κ3) is 3.79. The molecular formula is C21H27FN2O3. The standard InChI is InChI=1S/C21H27FN2O3/c1-26-13-20(25)23-11-17-18-12-24(14-21(18)9-8-19(17)27-21)10-2-3-15-4-6-16(22)7-5-15/h2-7,17-19H,8-14H2,1H3,(H,23,25)/t17-,18+,19+,21+/m0/s1. The maximum atomic E-state index is 13.0. The van der Waals surface area contributed by atoms with Crippen LogP contribution in [0.15, 0.2) is 30.3 Å². The fourth-order valence-electron chi connectivity index (χ4n) is 5.02. The molecule has 3 heterocycles. The zero-order valence-corrected chi connectivity index (χ0v) is 15.7. The van der Waals surface area contributed by atoms with Crippen molar-refractivity contribution in [2.45, 2.75) is 24.5 Å². The Labute approximate surface area is 159 Å². The number of likely N-dealkylation sites (tertiary alicyclic amines) is 1. The first-order valence-electron chi connectivity index (χ1n) is 9.67. The van der Waals surface area contributed by atoms with Crippen LogP contribution in [-0.2, 0) is 14.3 Å². The number of amides is 1. The van der Waals surface area contributed by atoms with Gasteiger partial charge in [-0.3, -0.25) is 9.69 Å². The molecule has 3 aliphatic rings. The van der Waals surface area contributed by atoms with Crippen molar-refractivity contribution in [3.63, 3.8) is 0 Å². The number of ether oxygens (including phenoxy) is 2. The first-order chi connectivity index (χ1) is 13.1. The molecule has 27 heavy (non-hydrogen) atoms. The van der Waals surface area contributed by atoms with E-state index < -0.39 is 0 Å². The normalized spacial score (nSPS) is 32.3. The second-order valence-electron chi connectivity index (χ2n) is 7.92. The molecule has 146 valence electrons. The van der Waals surface area contributed by atoms with Gasteiger partial charge in [0, 0.05) is 45.1 Å². The van der Waals surface area contributed by atoms with Crippen LogP contribution in [0.1, 0.15) is 18.4 Å². The van der Waals surface area contributed by atoms with Crippen LogP contribution in [0.3, 0.4) is 0 Å². The average molecular weight is 374 g/mol. The van der Waals surface area contributed by atoms with Gasteiger partial charge in [0.05, 0.1) is 11.7 Å². The maximum Gasteiger partial charge on any atom is 0.245 e. The van der Waals surface area contributed by atoms with Crippen LogP contribution < -0.4 is 5.32 Å². The number of hydrogen-bond acceptors (Lipinski definition) is 4. The van der Waals surface area contributed by atoms with E-state index in [1.807, 2.05) is 6.08 Å². The lowest BCUT2D eigenvalue weighted by Crippen LogP contribution is -2.42. The molecule has 1 amide bonds. The smallest absolute Gasteiger partial charge is 0.245 e. The highest BCUT2D eigenvalue weighted by atomic mass is 19.1. The average Bonchev–Trinajstić information content (AvgIpc) is 3.30. The molecule has 5 nitrogen and oxygen atoms in total. The van der Waals surface area contributed by atoms with Gasteiger partial charge in [-0.2, -0.15) is 0 Å². The lowest BCUT2D eigenvalue weighted by molar-refractivity contribution is -0.125. The molecule has 1 aromatic rings.